The Balaban J connectivity index is -0.0000000667. The molecule has 63 heavy (non-hydrogen) atoms. The molecule has 0 aromatic rings. The van der Waals surface area contributed by atoms with Gasteiger partial charge in [0.25, 0.3) is 0 Å². The van der Waals surface area contributed by atoms with Crippen LogP contribution in [-0.4, -0.2) is 23.6 Å². The molecule has 2 aliphatic heterocycles. The predicted molar refractivity (Wildman–Crippen MR) is 289 cm³/mol. The van der Waals surface area contributed by atoms with E-state index in [4.69, 9.17) is 9.47 Å². The summed E-state index contributed by atoms with van der Waals surface area (Å²) in [6, 6.07) is 0. The van der Waals surface area contributed by atoms with Crippen molar-refractivity contribution in [2.45, 2.75) is 295 Å². The Hall–Kier alpha value is -0.671. The van der Waals surface area contributed by atoms with Crippen molar-refractivity contribution in [3.63, 3.8) is 0 Å². The van der Waals surface area contributed by atoms with Gasteiger partial charge in [-0.2, -0.15) is 0 Å². The molecule has 0 N–H and O–H groups in total. The van der Waals surface area contributed by atoms with Crippen molar-refractivity contribution in [1.29, 1.82) is 0 Å². The van der Waals surface area contributed by atoms with Gasteiger partial charge >= 0.3 is 11.9 Å². The van der Waals surface area contributed by atoms with Crippen LogP contribution in [0.2, 0.25) is 0 Å². The molecule has 0 aromatic carbocycles. The van der Waals surface area contributed by atoms with E-state index in [1.54, 1.807) is 13.0 Å². The van der Waals surface area contributed by atoms with Crippen molar-refractivity contribution >= 4 is 11.9 Å². The number of carbonyl (C=O) groups is 2. The van der Waals surface area contributed by atoms with Gasteiger partial charge in [0.1, 0.15) is 11.7 Å². The third-order valence-electron chi connectivity index (χ3n) is 13.4. The van der Waals surface area contributed by atoms with Crippen LogP contribution in [-0.2, 0) is 39.2 Å². The molecule has 8 atom stereocenters. The SMILES string of the molecule is C.C.C.C.CC1OC(=O)CC1C1(C)C=CC(=O)O1.CCC(C)C(CC)CC.CCCC(C)C(C)CC.CCCC(C)C(CC)CC.CCCC(C)CC.CCCC(C)CCC.[CH3-].[Ir]. The topological polar surface area (TPSA) is 52.6 Å². The first kappa shape index (κ1) is 85.6. The van der Waals surface area contributed by atoms with Crippen molar-refractivity contribution in [2.24, 2.45) is 53.3 Å². The van der Waals surface area contributed by atoms with Crippen molar-refractivity contribution in [3.8, 4) is 0 Å². The fourth-order valence-corrected chi connectivity index (χ4v) is 8.25. The van der Waals surface area contributed by atoms with Crippen molar-refractivity contribution in [2.75, 3.05) is 0 Å². The zero-order valence-corrected chi connectivity index (χ0v) is 46.5. The van der Waals surface area contributed by atoms with Crippen LogP contribution < -0.4 is 0 Å². The molecule has 2 aliphatic rings. The largest absolute Gasteiger partial charge is 0.462 e. The minimum atomic E-state index is -0.678. The second-order valence-electron chi connectivity index (χ2n) is 18.4. The average Bonchev–Trinajstić information content (AvgIpc) is 3.73. The molecule has 0 aliphatic carbocycles. The monoisotopic (exact) mass is 1080 g/mol. The summed E-state index contributed by atoms with van der Waals surface area (Å²) in [6.45, 7) is 45.0. The van der Waals surface area contributed by atoms with Gasteiger partial charge in [-0.1, -0.05) is 263 Å². The summed E-state index contributed by atoms with van der Waals surface area (Å²) in [5.41, 5.74) is -0.678. The molecule has 2 rings (SSSR count). The van der Waals surface area contributed by atoms with Crippen LogP contribution in [0.25, 0.3) is 0 Å². The van der Waals surface area contributed by atoms with Crippen LogP contribution >= 0.6 is 0 Å². The van der Waals surface area contributed by atoms with Crippen LogP contribution in [0.5, 0.6) is 0 Å². The van der Waals surface area contributed by atoms with Crippen molar-refractivity contribution in [3.05, 3.63) is 19.6 Å². The van der Waals surface area contributed by atoms with Gasteiger partial charge in [-0.15, -0.1) is 0 Å². The molecule has 1 fully saturated rings. The van der Waals surface area contributed by atoms with E-state index >= 15 is 0 Å². The molecular weight excluding hydrogens is 953 g/mol. The summed E-state index contributed by atoms with van der Waals surface area (Å²) in [5, 5.41) is 0. The summed E-state index contributed by atoms with van der Waals surface area (Å²) in [6.07, 6.45) is 26.4. The number of hydrogen-bond acceptors (Lipinski definition) is 4. The van der Waals surface area contributed by atoms with Gasteiger partial charge in [0.2, 0.25) is 0 Å². The Morgan fingerprint density at radius 1 is 0.540 bits per heavy atom. The third kappa shape index (κ3) is 44.9. The molecule has 0 amide bonds. The van der Waals surface area contributed by atoms with E-state index in [0.717, 1.165) is 47.3 Å². The second-order valence-corrected chi connectivity index (χ2v) is 18.4. The van der Waals surface area contributed by atoms with E-state index in [2.05, 4.69) is 125 Å². The molecule has 0 spiro atoms. The fourth-order valence-electron chi connectivity index (χ4n) is 8.25. The first-order valence-electron chi connectivity index (χ1n) is 25.0. The van der Waals surface area contributed by atoms with Gasteiger partial charge in [0.15, 0.2) is 0 Å². The zero-order chi connectivity index (χ0) is 45.0. The Morgan fingerprint density at radius 2 is 0.905 bits per heavy atom. The normalized spacial score (nSPS) is 18.8. The van der Waals surface area contributed by atoms with Crippen LogP contribution in [0, 0.1) is 60.7 Å². The molecule has 1 saturated heterocycles. The standard InChI is InChI=1S/C10H12O4.C10H22.2C9H20.C8H18.C7H16.4CH4.CH3.Ir/c1-6-7(5-9(12)13-6)10(2)4-3-8(11)14-10;1-5-8-9(4)10(6-2)7-3;1-5-7-9(4)8(3)6-2;1-5-8(4)9(6-2)7-3;1-4-6-8(3)7-5-2;1-4-6-7(3)5-2;;;;;;/h3-4,6-7H,5H2,1-2H3;9-10H,5-8H2,1-4H3;2*8-9H,5-7H2,1-4H3;8H,4-7H2,1-3H3;7H,4-6H2,1-3H3;4*1H4;1H3;/q;;;;;;;;;;-1;. The van der Waals surface area contributed by atoms with Crippen LogP contribution in [0.3, 0.4) is 0 Å². The Kier molecular flexibility index (Phi) is 75.6. The van der Waals surface area contributed by atoms with Crippen molar-refractivity contribution in [1.82, 2.24) is 0 Å². The Bertz CT molecular complexity index is 907. The number of rotatable bonds is 21. The maximum Gasteiger partial charge on any atom is 0.331 e. The van der Waals surface area contributed by atoms with Gasteiger partial charge in [-0.3, -0.25) is 4.79 Å². The van der Waals surface area contributed by atoms with Crippen LogP contribution in [0.1, 0.15) is 284 Å². The van der Waals surface area contributed by atoms with Gasteiger partial charge in [0, 0.05) is 32.1 Å². The van der Waals surface area contributed by atoms with Gasteiger partial charge < -0.3 is 16.9 Å². The summed E-state index contributed by atoms with van der Waals surface area (Å²) >= 11 is 0. The van der Waals surface area contributed by atoms with Crippen molar-refractivity contribution < 1.29 is 39.2 Å². The van der Waals surface area contributed by atoms with E-state index in [1.165, 1.54) is 115 Å². The molecular formula is C58H127IrO4-. The molecule has 5 heteroatoms. The van der Waals surface area contributed by atoms with E-state index < -0.39 is 5.60 Å². The summed E-state index contributed by atoms with van der Waals surface area (Å²) in [5.74, 6) is 6.94. The molecule has 0 aromatic heterocycles. The second kappa shape index (κ2) is 55.7. The molecule has 8 unspecified atom stereocenters. The molecule has 393 valence electrons. The number of carbonyl (C=O) groups excluding carboxylic acids is 2. The van der Waals surface area contributed by atoms with E-state index in [-0.39, 0.29) is 81.2 Å². The zero-order valence-electron chi connectivity index (χ0n) is 44.1. The summed E-state index contributed by atoms with van der Waals surface area (Å²) < 4.78 is 10.2. The smallest absolute Gasteiger partial charge is 0.331 e. The van der Waals surface area contributed by atoms with Crippen LogP contribution in [0.15, 0.2) is 12.2 Å². The minimum absolute atomic E-state index is 0. The molecule has 1 radical (unpaired) electrons. The molecule has 0 saturated carbocycles. The summed E-state index contributed by atoms with van der Waals surface area (Å²) in [4.78, 5) is 22.0. The Labute approximate surface area is 417 Å². The molecule has 2 heterocycles. The maximum absolute atomic E-state index is 11.1. The Morgan fingerprint density at radius 3 is 1.16 bits per heavy atom. The number of ether oxygens (including phenoxy) is 2. The third-order valence-corrected chi connectivity index (χ3v) is 13.4. The average molecular weight is 1080 g/mol. The fraction of sp³-hybridized carbons (Fsp3) is 0.914. The number of esters is 2. The first-order valence-corrected chi connectivity index (χ1v) is 25.0. The van der Waals surface area contributed by atoms with Gasteiger partial charge in [-0.25, -0.2) is 4.79 Å². The predicted octanol–water partition coefficient (Wildman–Crippen LogP) is 20.7. The van der Waals surface area contributed by atoms with Gasteiger partial charge in [0.05, 0.1) is 6.42 Å². The minimum Gasteiger partial charge on any atom is -0.462 e. The number of cyclic esters (lactones) is 2. The first-order chi connectivity index (χ1) is 26.9. The van der Waals surface area contributed by atoms with E-state index in [9.17, 15) is 9.59 Å². The van der Waals surface area contributed by atoms with Gasteiger partial charge in [-0.05, 0) is 67.3 Å². The number of hydrogen-bond donors (Lipinski definition) is 0. The van der Waals surface area contributed by atoms with E-state index in [0.29, 0.717) is 6.42 Å². The molecule has 0 bridgehead atoms. The van der Waals surface area contributed by atoms with E-state index in [1.807, 2.05) is 6.92 Å². The molecule has 4 nitrogen and oxygen atoms in total. The maximum atomic E-state index is 11.1. The summed E-state index contributed by atoms with van der Waals surface area (Å²) in [7, 11) is 0. The van der Waals surface area contributed by atoms with Crippen LogP contribution in [0.4, 0.5) is 0 Å². The quantitative estimate of drug-likeness (QED) is 0.0849.